The maximum Gasteiger partial charge on any atom is 0.320 e. The maximum atomic E-state index is 11.0. The van der Waals surface area contributed by atoms with Crippen molar-refractivity contribution in [1.82, 2.24) is 5.32 Å². The van der Waals surface area contributed by atoms with Crippen LogP contribution in [0.3, 0.4) is 0 Å². The first-order valence-corrected chi connectivity index (χ1v) is 6.01. The van der Waals surface area contributed by atoms with Crippen molar-refractivity contribution in [3.8, 4) is 0 Å². The van der Waals surface area contributed by atoms with Gasteiger partial charge in [0.15, 0.2) is 0 Å². The lowest BCUT2D eigenvalue weighted by atomic mass is 10.0. The van der Waals surface area contributed by atoms with Gasteiger partial charge in [0, 0.05) is 6.04 Å². The molecule has 15 heavy (non-hydrogen) atoms. The number of hydrogen-bond donors (Lipinski definition) is 2. The van der Waals surface area contributed by atoms with Crippen LogP contribution in [0, 0.1) is 5.92 Å². The highest BCUT2D eigenvalue weighted by atomic mass is 16.4. The Morgan fingerprint density at radius 1 is 1.33 bits per heavy atom. The summed E-state index contributed by atoms with van der Waals surface area (Å²) < 4.78 is 0. The van der Waals surface area contributed by atoms with E-state index in [1.165, 1.54) is 0 Å². The quantitative estimate of drug-likeness (QED) is 0.654. The fourth-order valence-corrected chi connectivity index (χ4v) is 1.66. The van der Waals surface area contributed by atoms with Crippen molar-refractivity contribution in [3.05, 3.63) is 0 Å². The van der Waals surface area contributed by atoms with Gasteiger partial charge in [0.25, 0.3) is 0 Å². The minimum atomic E-state index is -0.736. The van der Waals surface area contributed by atoms with E-state index in [1.807, 2.05) is 13.8 Å². The molecule has 2 atom stereocenters. The fraction of sp³-hybridized carbons (Fsp3) is 0.917. The van der Waals surface area contributed by atoms with Gasteiger partial charge in [-0.3, -0.25) is 4.79 Å². The molecular weight excluding hydrogens is 190 g/mol. The van der Waals surface area contributed by atoms with Gasteiger partial charge in [-0.05, 0) is 18.8 Å². The Morgan fingerprint density at radius 3 is 2.27 bits per heavy atom. The Labute approximate surface area is 93.3 Å². The molecule has 0 aromatic carbocycles. The summed E-state index contributed by atoms with van der Waals surface area (Å²) in [4.78, 5) is 11.0. The average Bonchev–Trinajstić information content (AvgIpc) is 2.17. The van der Waals surface area contributed by atoms with Crippen molar-refractivity contribution >= 4 is 5.97 Å². The SMILES string of the molecule is CCCCC(CC)NC(C(=O)O)C(C)C. The second-order valence-electron chi connectivity index (χ2n) is 4.47. The molecule has 3 heteroatoms. The monoisotopic (exact) mass is 215 g/mol. The second-order valence-corrected chi connectivity index (χ2v) is 4.47. The third kappa shape index (κ3) is 5.78. The minimum absolute atomic E-state index is 0.137. The van der Waals surface area contributed by atoms with Crippen LogP contribution in [-0.2, 0) is 4.79 Å². The first-order chi connectivity index (χ1) is 7.02. The summed E-state index contributed by atoms with van der Waals surface area (Å²) in [5.41, 5.74) is 0. The Bertz CT molecular complexity index is 180. The molecule has 0 aliphatic carbocycles. The van der Waals surface area contributed by atoms with Gasteiger partial charge >= 0.3 is 5.97 Å². The van der Waals surface area contributed by atoms with Gasteiger partial charge in [-0.1, -0.05) is 40.5 Å². The smallest absolute Gasteiger partial charge is 0.320 e. The van der Waals surface area contributed by atoms with Gasteiger partial charge in [0.2, 0.25) is 0 Å². The predicted molar refractivity (Wildman–Crippen MR) is 63.0 cm³/mol. The normalized spacial score (nSPS) is 15.3. The molecule has 0 heterocycles. The highest BCUT2D eigenvalue weighted by Gasteiger charge is 2.23. The third-order valence-corrected chi connectivity index (χ3v) is 2.75. The molecule has 0 saturated carbocycles. The largest absolute Gasteiger partial charge is 0.480 e. The standard InChI is InChI=1S/C12H25NO2/c1-5-7-8-10(6-2)13-11(9(3)4)12(14)15/h9-11,13H,5-8H2,1-4H3,(H,14,15). The van der Waals surface area contributed by atoms with Crippen LogP contribution in [0.1, 0.15) is 53.4 Å². The summed E-state index contributed by atoms with van der Waals surface area (Å²) in [5, 5.41) is 12.3. The lowest BCUT2D eigenvalue weighted by Crippen LogP contribution is -2.46. The van der Waals surface area contributed by atoms with Crippen LogP contribution in [0.15, 0.2) is 0 Å². The van der Waals surface area contributed by atoms with Gasteiger partial charge in [0.05, 0.1) is 0 Å². The number of unbranched alkanes of at least 4 members (excludes halogenated alkanes) is 1. The first kappa shape index (κ1) is 14.4. The van der Waals surface area contributed by atoms with Crippen LogP contribution in [0.5, 0.6) is 0 Å². The Kier molecular flexibility index (Phi) is 7.39. The summed E-state index contributed by atoms with van der Waals surface area (Å²) in [6, 6.07) is -0.0692. The average molecular weight is 215 g/mol. The Balaban J connectivity index is 4.16. The lowest BCUT2D eigenvalue weighted by molar-refractivity contribution is -0.140. The van der Waals surface area contributed by atoms with E-state index in [4.69, 9.17) is 5.11 Å². The van der Waals surface area contributed by atoms with E-state index in [0.717, 1.165) is 25.7 Å². The van der Waals surface area contributed by atoms with Crippen molar-refractivity contribution in [1.29, 1.82) is 0 Å². The van der Waals surface area contributed by atoms with Crippen LogP contribution >= 0.6 is 0 Å². The highest BCUT2D eigenvalue weighted by Crippen LogP contribution is 2.09. The lowest BCUT2D eigenvalue weighted by Gasteiger charge is -2.24. The van der Waals surface area contributed by atoms with E-state index >= 15 is 0 Å². The third-order valence-electron chi connectivity index (χ3n) is 2.75. The van der Waals surface area contributed by atoms with E-state index in [9.17, 15) is 4.79 Å². The fourth-order valence-electron chi connectivity index (χ4n) is 1.66. The highest BCUT2D eigenvalue weighted by molar-refractivity contribution is 5.73. The molecule has 2 unspecified atom stereocenters. The summed E-state index contributed by atoms with van der Waals surface area (Å²) in [7, 11) is 0. The number of rotatable bonds is 8. The zero-order valence-corrected chi connectivity index (χ0v) is 10.4. The summed E-state index contributed by atoms with van der Waals surface area (Å²) in [6.07, 6.45) is 4.40. The molecule has 0 aliphatic rings. The molecule has 2 N–H and O–H groups in total. The summed E-state index contributed by atoms with van der Waals surface area (Å²) >= 11 is 0. The number of carboxylic acids is 1. The van der Waals surface area contributed by atoms with Crippen LogP contribution in [-0.4, -0.2) is 23.2 Å². The van der Waals surface area contributed by atoms with Gasteiger partial charge < -0.3 is 10.4 Å². The maximum absolute atomic E-state index is 11.0. The number of carbonyl (C=O) groups is 1. The van der Waals surface area contributed by atoms with Crippen LogP contribution < -0.4 is 5.32 Å². The van der Waals surface area contributed by atoms with Gasteiger partial charge in [-0.25, -0.2) is 0 Å². The van der Waals surface area contributed by atoms with Crippen molar-refractivity contribution in [2.45, 2.75) is 65.5 Å². The van der Waals surface area contributed by atoms with Crippen molar-refractivity contribution in [2.24, 2.45) is 5.92 Å². The molecule has 90 valence electrons. The molecule has 0 aromatic rings. The van der Waals surface area contributed by atoms with Crippen LogP contribution in [0.4, 0.5) is 0 Å². The van der Waals surface area contributed by atoms with Gasteiger partial charge in [0.1, 0.15) is 6.04 Å². The molecule has 0 aromatic heterocycles. The molecular formula is C12H25NO2. The number of hydrogen-bond acceptors (Lipinski definition) is 2. The minimum Gasteiger partial charge on any atom is -0.480 e. The van der Waals surface area contributed by atoms with E-state index in [-0.39, 0.29) is 5.92 Å². The molecule has 0 radical (unpaired) electrons. The van der Waals surface area contributed by atoms with Crippen molar-refractivity contribution in [2.75, 3.05) is 0 Å². The molecule has 0 aliphatic heterocycles. The zero-order chi connectivity index (χ0) is 11.8. The molecule has 0 amide bonds. The number of aliphatic carboxylic acids is 1. The van der Waals surface area contributed by atoms with E-state index in [0.29, 0.717) is 6.04 Å². The molecule has 3 nitrogen and oxygen atoms in total. The molecule has 0 rings (SSSR count). The zero-order valence-electron chi connectivity index (χ0n) is 10.4. The number of nitrogens with one attached hydrogen (secondary N) is 1. The molecule has 0 saturated heterocycles. The second kappa shape index (κ2) is 7.69. The Morgan fingerprint density at radius 2 is 1.93 bits per heavy atom. The van der Waals surface area contributed by atoms with Crippen molar-refractivity contribution < 1.29 is 9.90 Å². The Hall–Kier alpha value is -0.570. The van der Waals surface area contributed by atoms with E-state index < -0.39 is 12.0 Å². The summed E-state index contributed by atoms with van der Waals surface area (Å²) in [6.45, 7) is 8.15. The molecule has 0 fully saturated rings. The van der Waals surface area contributed by atoms with Crippen LogP contribution in [0.25, 0.3) is 0 Å². The summed E-state index contributed by atoms with van der Waals surface area (Å²) in [5.74, 6) is -0.599. The molecule has 0 spiro atoms. The van der Waals surface area contributed by atoms with Gasteiger partial charge in [-0.2, -0.15) is 0 Å². The number of carboxylic acid groups (broad SMARTS) is 1. The molecule has 0 bridgehead atoms. The van der Waals surface area contributed by atoms with E-state index in [1.54, 1.807) is 0 Å². The first-order valence-electron chi connectivity index (χ1n) is 6.01. The van der Waals surface area contributed by atoms with Crippen LogP contribution in [0.2, 0.25) is 0 Å². The van der Waals surface area contributed by atoms with E-state index in [2.05, 4.69) is 19.2 Å². The predicted octanol–water partition coefficient (Wildman–Crippen LogP) is 2.65. The van der Waals surface area contributed by atoms with Crippen molar-refractivity contribution in [3.63, 3.8) is 0 Å². The van der Waals surface area contributed by atoms with Gasteiger partial charge in [-0.15, -0.1) is 0 Å². The topological polar surface area (TPSA) is 49.3 Å².